The van der Waals surface area contributed by atoms with Crippen molar-refractivity contribution in [2.24, 2.45) is 5.92 Å². The van der Waals surface area contributed by atoms with Crippen molar-refractivity contribution in [1.82, 2.24) is 15.1 Å². The smallest absolute Gasteiger partial charge is 0.259 e. The van der Waals surface area contributed by atoms with Gasteiger partial charge in [0.05, 0.1) is 24.1 Å². The number of aryl methyl sites for hydroxylation is 1. The molecule has 2 aromatic rings. The Kier molecular flexibility index (Phi) is 5.73. The molecule has 0 saturated carbocycles. The van der Waals surface area contributed by atoms with Crippen molar-refractivity contribution < 1.29 is 18.7 Å². The quantitative estimate of drug-likeness (QED) is 0.813. The second kappa shape index (κ2) is 8.20. The molecule has 0 bridgehead atoms. The second-order valence-corrected chi connectivity index (χ2v) is 6.56. The third-order valence-electron chi connectivity index (χ3n) is 4.55. The molecule has 1 aliphatic rings. The van der Waals surface area contributed by atoms with Crippen LogP contribution < -0.4 is 15.4 Å². The Hall–Kier alpha value is -2.90. The number of halogens is 1. The van der Waals surface area contributed by atoms with E-state index in [1.807, 2.05) is 4.68 Å². The fourth-order valence-electron chi connectivity index (χ4n) is 3.20. The van der Waals surface area contributed by atoms with Gasteiger partial charge < -0.3 is 15.4 Å². The lowest BCUT2D eigenvalue weighted by Crippen LogP contribution is -2.32. The average molecular weight is 374 g/mol. The number of carbonyl (C=O) groups is 2. The number of rotatable bonds is 6. The van der Waals surface area contributed by atoms with Crippen LogP contribution >= 0.6 is 0 Å². The summed E-state index contributed by atoms with van der Waals surface area (Å²) in [5.74, 6) is -0.515. The first-order valence-electron chi connectivity index (χ1n) is 9.00. The molecule has 0 fully saturated rings. The zero-order chi connectivity index (χ0) is 19.4. The van der Waals surface area contributed by atoms with E-state index in [2.05, 4.69) is 15.7 Å². The predicted octanol–water partition coefficient (Wildman–Crippen LogP) is 2.37. The van der Waals surface area contributed by atoms with E-state index in [0.717, 1.165) is 12.1 Å². The first-order valence-corrected chi connectivity index (χ1v) is 9.00. The zero-order valence-corrected chi connectivity index (χ0v) is 15.4. The standard InChI is InChI=1S/C19H23FN4O3/c1-3-27-18-5-4-14(9-16(18)20)23-19(26)15-11-22-24-7-6-13(8-17(15)24)10-21-12(2)25/h4-5,9,11,13H,3,6-8,10H2,1-2H3,(H,21,25)(H,23,26). The van der Waals surface area contributed by atoms with Gasteiger partial charge >= 0.3 is 0 Å². The molecule has 3 rings (SSSR count). The average Bonchev–Trinajstić information content (AvgIpc) is 3.05. The van der Waals surface area contributed by atoms with Crippen LogP contribution in [0, 0.1) is 11.7 Å². The summed E-state index contributed by atoms with van der Waals surface area (Å²) >= 11 is 0. The molecule has 1 aliphatic heterocycles. The summed E-state index contributed by atoms with van der Waals surface area (Å²) in [5.41, 5.74) is 1.66. The number of fused-ring (bicyclic) bond motifs is 1. The first kappa shape index (κ1) is 18.9. The lowest BCUT2D eigenvalue weighted by Gasteiger charge is -2.24. The summed E-state index contributed by atoms with van der Waals surface area (Å²) in [6.07, 6.45) is 3.08. The van der Waals surface area contributed by atoms with Gasteiger partial charge in [-0.05, 0) is 37.8 Å². The molecule has 1 aromatic carbocycles. The maximum atomic E-state index is 14.0. The van der Waals surface area contributed by atoms with Gasteiger partial charge in [0.15, 0.2) is 11.6 Å². The van der Waals surface area contributed by atoms with Gasteiger partial charge in [0.25, 0.3) is 5.91 Å². The van der Waals surface area contributed by atoms with Crippen LogP contribution in [0.2, 0.25) is 0 Å². The maximum Gasteiger partial charge on any atom is 0.259 e. The van der Waals surface area contributed by atoms with Crippen LogP contribution in [0.5, 0.6) is 5.75 Å². The number of amides is 2. The Balaban J connectivity index is 1.71. The van der Waals surface area contributed by atoms with E-state index < -0.39 is 5.82 Å². The number of carbonyl (C=O) groups excluding carboxylic acids is 2. The first-order chi connectivity index (χ1) is 13.0. The third kappa shape index (κ3) is 4.45. The molecule has 0 saturated heterocycles. The van der Waals surface area contributed by atoms with Gasteiger partial charge in [0, 0.05) is 31.8 Å². The number of hydrogen-bond acceptors (Lipinski definition) is 4. The van der Waals surface area contributed by atoms with Crippen LogP contribution in [0.15, 0.2) is 24.4 Å². The summed E-state index contributed by atoms with van der Waals surface area (Å²) in [4.78, 5) is 23.8. The molecular formula is C19H23FN4O3. The SMILES string of the molecule is CCOc1ccc(NC(=O)c2cnn3c2CC(CNC(C)=O)CC3)cc1F. The highest BCUT2D eigenvalue weighted by atomic mass is 19.1. The van der Waals surface area contributed by atoms with Crippen molar-refractivity contribution in [2.75, 3.05) is 18.5 Å². The molecule has 2 heterocycles. The highest BCUT2D eigenvalue weighted by molar-refractivity contribution is 6.05. The number of nitrogens with one attached hydrogen (secondary N) is 2. The van der Waals surface area contributed by atoms with Crippen LogP contribution in [0.3, 0.4) is 0 Å². The Morgan fingerprint density at radius 3 is 2.93 bits per heavy atom. The number of benzene rings is 1. The number of anilines is 1. The largest absolute Gasteiger partial charge is 0.491 e. The number of hydrogen-bond donors (Lipinski definition) is 2. The lowest BCUT2D eigenvalue weighted by molar-refractivity contribution is -0.119. The summed E-state index contributed by atoms with van der Waals surface area (Å²) < 4.78 is 21.0. The van der Waals surface area contributed by atoms with Crippen LogP contribution in [0.1, 0.15) is 36.3 Å². The van der Waals surface area contributed by atoms with Gasteiger partial charge in [0.1, 0.15) is 0 Å². The van der Waals surface area contributed by atoms with Crippen LogP contribution in [0.25, 0.3) is 0 Å². The highest BCUT2D eigenvalue weighted by Crippen LogP contribution is 2.25. The molecule has 1 unspecified atom stereocenters. The lowest BCUT2D eigenvalue weighted by atomic mass is 9.94. The van der Waals surface area contributed by atoms with Gasteiger partial charge in [0.2, 0.25) is 5.91 Å². The minimum atomic E-state index is -0.526. The predicted molar refractivity (Wildman–Crippen MR) is 98.2 cm³/mol. The topological polar surface area (TPSA) is 85.2 Å². The molecule has 0 radical (unpaired) electrons. The van der Waals surface area contributed by atoms with Gasteiger partial charge in [-0.25, -0.2) is 4.39 Å². The van der Waals surface area contributed by atoms with Crippen molar-refractivity contribution in [1.29, 1.82) is 0 Å². The summed E-state index contributed by atoms with van der Waals surface area (Å²) in [6, 6.07) is 4.32. The minimum absolute atomic E-state index is 0.0652. The summed E-state index contributed by atoms with van der Waals surface area (Å²) in [7, 11) is 0. The molecule has 8 heteroatoms. The van der Waals surface area contributed by atoms with Gasteiger partial charge in [-0.15, -0.1) is 0 Å². The van der Waals surface area contributed by atoms with Crippen molar-refractivity contribution in [3.05, 3.63) is 41.5 Å². The van der Waals surface area contributed by atoms with Gasteiger partial charge in [-0.3, -0.25) is 14.3 Å². The molecule has 2 amide bonds. The highest BCUT2D eigenvalue weighted by Gasteiger charge is 2.25. The molecule has 2 N–H and O–H groups in total. The zero-order valence-electron chi connectivity index (χ0n) is 15.4. The van der Waals surface area contributed by atoms with Crippen LogP contribution in [-0.2, 0) is 17.8 Å². The van der Waals surface area contributed by atoms with Crippen molar-refractivity contribution in [2.45, 2.75) is 33.2 Å². The normalized spacial score (nSPS) is 15.7. The fraction of sp³-hybridized carbons (Fsp3) is 0.421. The van der Waals surface area contributed by atoms with E-state index in [9.17, 15) is 14.0 Å². The molecule has 7 nitrogen and oxygen atoms in total. The minimum Gasteiger partial charge on any atom is -0.491 e. The van der Waals surface area contributed by atoms with Crippen molar-refractivity contribution >= 4 is 17.5 Å². The fourth-order valence-corrected chi connectivity index (χ4v) is 3.20. The third-order valence-corrected chi connectivity index (χ3v) is 4.55. The molecule has 27 heavy (non-hydrogen) atoms. The van der Waals surface area contributed by atoms with Gasteiger partial charge in [-0.1, -0.05) is 0 Å². The molecular weight excluding hydrogens is 351 g/mol. The van der Waals surface area contributed by atoms with E-state index in [1.54, 1.807) is 13.0 Å². The number of nitrogens with zero attached hydrogens (tertiary/aromatic N) is 2. The van der Waals surface area contributed by atoms with E-state index in [0.29, 0.717) is 37.4 Å². The second-order valence-electron chi connectivity index (χ2n) is 6.56. The molecule has 0 aliphatic carbocycles. The molecule has 0 spiro atoms. The molecule has 1 aromatic heterocycles. The van der Waals surface area contributed by atoms with E-state index >= 15 is 0 Å². The van der Waals surface area contributed by atoms with E-state index in [-0.39, 0.29) is 23.5 Å². The summed E-state index contributed by atoms with van der Waals surface area (Å²) in [6.45, 7) is 4.90. The maximum absolute atomic E-state index is 14.0. The van der Waals surface area contributed by atoms with E-state index in [1.165, 1.54) is 25.3 Å². The number of aromatic nitrogens is 2. The Morgan fingerprint density at radius 1 is 1.41 bits per heavy atom. The van der Waals surface area contributed by atoms with Crippen LogP contribution in [-0.4, -0.2) is 34.7 Å². The van der Waals surface area contributed by atoms with Crippen molar-refractivity contribution in [3.8, 4) is 5.75 Å². The van der Waals surface area contributed by atoms with Gasteiger partial charge in [-0.2, -0.15) is 5.10 Å². The Morgan fingerprint density at radius 2 is 2.22 bits per heavy atom. The molecule has 1 atom stereocenters. The number of ether oxygens (including phenoxy) is 1. The summed E-state index contributed by atoms with van der Waals surface area (Å²) in [5, 5.41) is 9.82. The van der Waals surface area contributed by atoms with Crippen LogP contribution in [0.4, 0.5) is 10.1 Å². The Bertz CT molecular complexity index is 849. The van der Waals surface area contributed by atoms with Crippen molar-refractivity contribution in [3.63, 3.8) is 0 Å². The van der Waals surface area contributed by atoms with E-state index in [4.69, 9.17) is 4.74 Å². The Labute approximate surface area is 156 Å². The monoisotopic (exact) mass is 374 g/mol. The molecule has 144 valence electrons.